The maximum absolute atomic E-state index is 6.34. The Balaban J connectivity index is 1.86. The number of fused-ring (bicyclic) bond motifs is 2. The van der Waals surface area contributed by atoms with Crippen molar-refractivity contribution < 1.29 is 0 Å². The summed E-state index contributed by atoms with van der Waals surface area (Å²) in [4.78, 5) is 0. The van der Waals surface area contributed by atoms with Gasteiger partial charge in [0.1, 0.15) is 0 Å². The third-order valence-corrected chi connectivity index (χ3v) is 6.38. The van der Waals surface area contributed by atoms with Crippen LogP contribution >= 0.6 is 0 Å². The molecule has 0 heterocycles. The van der Waals surface area contributed by atoms with Gasteiger partial charge >= 0.3 is 0 Å². The number of hydrogen-bond donors (Lipinski definition) is 1. The molecule has 1 heteroatoms. The highest BCUT2D eigenvalue weighted by Crippen LogP contribution is 2.82. The summed E-state index contributed by atoms with van der Waals surface area (Å²) in [7, 11) is 0. The van der Waals surface area contributed by atoms with Crippen LogP contribution in [0.3, 0.4) is 0 Å². The molecule has 2 N–H and O–H groups in total. The predicted octanol–water partition coefficient (Wildman–Crippen LogP) is 1.09. The van der Waals surface area contributed by atoms with Gasteiger partial charge in [0.25, 0.3) is 0 Å². The van der Waals surface area contributed by atoms with Crippen LogP contribution in [0.15, 0.2) is 0 Å². The third kappa shape index (κ3) is 0.296. The molecule has 0 aliphatic heterocycles. The Kier molecular flexibility index (Phi) is 0.609. The molecule has 1 nitrogen and oxygen atoms in total. The van der Waals surface area contributed by atoms with Crippen molar-refractivity contribution in [2.45, 2.75) is 18.9 Å². The molecule has 5 saturated carbocycles. The van der Waals surface area contributed by atoms with Crippen LogP contribution in [0.2, 0.25) is 0 Å². The lowest BCUT2D eigenvalue weighted by Gasteiger charge is -2.47. The first-order chi connectivity index (χ1) is 5.88. The van der Waals surface area contributed by atoms with E-state index in [-0.39, 0.29) is 0 Å². The Morgan fingerprint density at radius 2 is 1.33 bits per heavy atom. The quantitative estimate of drug-likeness (QED) is 0.565. The van der Waals surface area contributed by atoms with Gasteiger partial charge in [-0.15, -0.1) is 0 Å². The molecule has 64 valence electrons. The fraction of sp³-hybridized carbons (Fsp3) is 1.00. The van der Waals surface area contributed by atoms with E-state index in [4.69, 9.17) is 5.73 Å². The van der Waals surface area contributed by atoms with Crippen molar-refractivity contribution in [3.05, 3.63) is 0 Å². The minimum atomic E-state index is 0.646. The van der Waals surface area contributed by atoms with E-state index in [1.807, 2.05) is 0 Å². The normalized spacial score (nSPS) is 85.2. The minimum absolute atomic E-state index is 0.646. The summed E-state index contributed by atoms with van der Waals surface area (Å²) in [5.74, 6) is 8.84. The van der Waals surface area contributed by atoms with E-state index in [2.05, 4.69) is 0 Å². The van der Waals surface area contributed by atoms with Crippen LogP contribution in [0.1, 0.15) is 12.8 Å². The molecule has 5 aliphatic carbocycles. The first-order valence-corrected chi connectivity index (χ1v) is 5.63. The maximum Gasteiger partial charge on any atom is 0.0107 e. The molecular formula is C11H15N. The molecule has 0 unspecified atom stereocenters. The molecule has 12 heavy (non-hydrogen) atoms. The van der Waals surface area contributed by atoms with Crippen LogP contribution < -0.4 is 5.73 Å². The smallest absolute Gasteiger partial charge is 0.0107 e. The van der Waals surface area contributed by atoms with Gasteiger partial charge in [0, 0.05) is 6.04 Å². The average molecular weight is 161 g/mol. The molecular weight excluding hydrogens is 146 g/mol. The van der Waals surface area contributed by atoms with Gasteiger partial charge in [0.05, 0.1) is 0 Å². The van der Waals surface area contributed by atoms with Crippen LogP contribution in [0.4, 0.5) is 0 Å². The van der Waals surface area contributed by atoms with Gasteiger partial charge in [-0.2, -0.15) is 0 Å². The summed E-state index contributed by atoms with van der Waals surface area (Å²) in [6, 6.07) is 0.646. The lowest BCUT2D eigenvalue weighted by Crippen LogP contribution is -2.49. The molecule has 0 radical (unpaired) electrons. The van der Waals surface area contributed by atoms with E-state index in [9.17, 15) is 0 Å². The number of nitrogens with two attached hydrogens (primary N) is 1. The fourth-order valence-electron chi connectivity index (χ4n) is 6.55. The second-order valence-electron chi connectivity index (χ2n) is 6.01. The molecule has 5 rings (SSSR count). The van der Waals surface area contributed by atoms with Gasteiger partial charge < -0.3 is 5.73 Å². The van der Waals surface area contributed by atoms with Gasteiger partial charge in [-0.25, -0.2) is 0 Å². The molecule has 0 aromatic heterocycles. The van der Waals surface area contributed by atoms with Gasteiger partial charge in [0.2, 0.25) is 0 Å². The molecule has 0 amide bonds. The van der Waals surface area contributed by atoms with Crippen LogP contribution in [-0.4, -0.2) is 6.04 Å². The van der Waals surface area contributed by atoms with Crippen molar-refractivity contribution in [1.82, 2.24) is 0 Å². The highest BCUT2D eigenvalue weighted by molar-refractivity contribution is 5.28. The summed E-state index contributed by atoms with van der Waals surface area (Å²) in [6.45, 7) is 0. The number of rotatable bonds is 0. The van der Waals surface area contributed by atoms with Gasteiger partial charge in [-0.05, 0) is 60.2 Å². The van der Waals surface area contributed by atoms with Gasteiger partial charge in [-0.1, -0.05) is 0 Å². The van der Waals surface area contributed by atoms with Gasteiger partial charge in [-0.3, -0.25) is 0 Å². The van der Waals surface area contributed by atoms with Crippen molar-refractivity contribution >= 4 is 0 Å². The monoisotopic (exact) mass is 161 g/mol. The zero-order valence-electron chi connectivity index (χ0n) is 7.19. The zero-order valence-corrected chi connectivity index (χ0v) is 7.19. The Morgan fingerprint density at radius 1 is 0.667 bits per heavy atom. The maximum atomic E-state index is 6.34. The van der Waals surface area contributed by atoms with Crippen molar-refractivity contribution in [1.29, 1.82) is 0 Å². The van der Waals surface area contributed by atoms with Crippen LogP contribution in [0.5, 0.6) is 0 Å². The molecule has 0 saturated heterocycles. The highest BCUT2D eigenvalue weighted by Gasteiger charge is 2.79. The Labute approximate surface area is 72.7 Å². The first-order valence-electron chi connectivity index (χ1n) is 5.63. The second kappa shape index (κ2) is 1.30. The Bertz CT molecular complexity index is 277. The Morgan fingerprint density at radius 3 is 2.17 bits per heavy atom. The lowest BCUT2D eigenvalue weighted by atomic mass is 9.59. The third-order valence-electron chi connectivity index (χ3n) is 6.38. The van der Waals surface area contributed by atoms with Crippen LogP contribution in [0.25, 0.3) is 0 Å². The summed E-state index contributed by atoms with van der Waals surface area (Å²) < 4.78 is 0. The second-order valence-corrected chi connectivity index (χ2v) is 6.01. The topological polar surface area (TPSA) is 26.0 Å². The fourth-order valence-corrected chi connectivity index (χ4v) is 6.55. The van der Waals surface area contributed by atoms with Gasteiger partial charge in [0.15, 0.2) is 0 Å². The molecule has 2 bridgehead atoms. The summed E-state index contributed by atoms with van der Waals surface area (Å²) >= 11 is 0. The summed E-state index contributed by atoms with van der Waals surface area (Å²) in [5, 5.41) is 0. The summed E-state index contributed by atoms with van der Waals surface area (Å²) in [5.41, 5.74) is 6.34. The standard InChI is InChI=1S/C11H15N/c12-11-8-4-2-5-7-3(4)1-6(8)9(7)10(5)11/h3-11H,1-2,12H2/t3-,4-,5+,6+,7-,8-,9-,10-,11-/m1/s1. The van der Waals surface area contributed by atoms with Crippen molar-refractivity contribution in [2.24, 2.45) is 53.1 Å². The van der Waals surface area contributed by atoms with Crippen LogP contribution in [-0.2, 0) is 0 Å². The average Bonchev–Trinajstić information content (AvgIpc) is 2.47. The first kappa shape index (κ1) is 5.64. The van der Waals surface area contributed by atoms with Crippen molar-refractivity contribution in [3.63, 3.8) is 0 Å². The molecule has 9 atom stereocenters. The zero-order chi connectivity index (χ0) is 7.61. The van der Waals surface area contributed by atoms with E-state index >= 15 is 0 Å². The van der Waals surface area contributed by atoms with E-state index in [0.717, 1.165) is 35.5 Å². The summed E-state index contributed by atoms with van der Waals surface area (Å²) in [6.07, 6.45) is 3.18. The predicted molar refractivity (Wildman–Crippen MR) is 45.1 cm³/mol. The largest absolute Gasteiger partial charge is 0.327 e. The molecule has 0 aromatic rings. The lowest BCUT2D eigenvalue weighted by molar-refractivity contribution is 0.0167. The molecule has 5 aliphatic rings. The molecule has 0 spiro atoms. The van der Waals surface area contributed by atoms with E-state index in [1.165, 1.54) is 11.8 Å². The van der Waals surface area contributed by atoms with Crippen molar-refractivity contribution in [2.75, 3.05) is 0 Å². The van der Waals surface area contributed by atoms with E-state index in [1.54, 1.807) is 12.8 Å². The van der Waals surface area contributed by atoms with E-state index < -0.39 is 0 Å². The minimum Gasteiger partial charge on any atom is -0.327 e. The Hall–Kier alpha value is -0.0400. The number of hydrogen-bond acceptors (Lipinski definition) is 1. The highest BCUT2D eigenvalue weighted by atomic mass is 14.9. The van der Waals surface area contributed by atoms with E-state index in [0.29, 0.717) is 6.04 Å². The SMILES string of the molecule is N[C@@H]1[C@@H]2[C@@H]3C[C@H]4[C@H]5[C@@H]3C[C@@H]2[C@H]5[C@H]14. The van der Waals surface area contributed by atoms with Crippen molar-refractivity contribution in [3.8, 4) is 0 Å². The molecule has 0 aromatic carbocycles. The van der Waals surface area contributed by atoms with Crippen LogP contribution in [0, 0.1) is 47.3 Å². The molecule has 5 fully saturated rings.